The Bertz CT molecular complexity index is 1090. The summed E-state index contributed by atoms with van der Waals surface area (Å²) in [6, 6.07) is 15.9. The molecule has 3 aromatic carbocycles. The van der Waals surface area contributed by atoms with Crippen LogP contribution in [0.15, 0.2) is 48.5 Å². The van der Waals surface area contributed by atoms with E-state index in [1.807, 2.05) is 48.5 Å². The van der Waals surface area contributed by atoms with E-state index < -0.39 is 0 Å². The number of methoxy groups -OCH3 is 2. The van der Waals surface area contributed by atoms with E-state index in [0.29, 0.717) is 11.6 Å². The van der Waals surface area contributed by atoms with Crippen LogP contribution in [0.25, 0.3) is 21.0 Å². The molecule has 6 heteroatoms. The van der Waals surface area contributed by atoms with Gasteiger partial charge in [-0.25, -0.2) is 4.98 Å². The van der Waals surface area contributed by atoms with Crippen LogP contribution in [0.2, 0.25) is 5.02 Å². The second kappa shape index (κ2) is 7.02. The van der Waals surface area contributed by atoms with Gasteiger partial charge in [-0.1, -0.05) is 53.3 Å². The highest BCUT2D eigenvalue weighted by Gasteiger charge is 2.14. The molecule has 0 spiro atoms. The Morgan fingerprint density at radius 2 is 1.85 bits per heavy atom. The molecule has 0 saturated heterocycles. The van der Waals surface area contributed by atoms with Crippen LogP contribution in [-0.2, 0) is 6.54 Å². The van der Waals surface area contributed by atoms with Gasteiger partial charge in [0.05, 0.1) is 23.9 Å². The molecule has 0 saturated carbocycles. The highest BCUT2D eigenvalue weighted by atomic mass is 35.5. The lowest BCUT2D eigenvalue weighted by molar-refractivity contribution is 0.407. The molecule has 1 N–H and O–H groups in total. The lowest BCUT2D eigenvalue weighted by Gasteiger charge is -2.15. The monoisotopic (exact) mass is 384 g/mol. The van der Waals surface area contributed by atoms with Gasteiger partial charge in [0, 0.05) is 22.9 Å². The molecule has 4 rings (SSSR count). The maximum atomic E-state index is 6.22. The van der Waals surface area contributed by atoms with E-state index in [-0.39, 0.29) is 0 Å². The highest BCUT2D eigenvalue weighted by molar-refractivity contribution is 7.22. The summed E-state index contributed by atoms with van der Waals surface area (Å²) in [5.74, 6) is 1.67. The molecule has 4 nitrogen and oxygen atoms in total. The number of anilines is 1. The second-order valence-electron chi connectivity index (χ2n) is 5.78. The maximum absolute atomic E-state index is 6.22. The van der Waals surface area contributed by atoms with E-state index in [4.69, 9.17) is 21.1 Å². The Balaban J connectivity index is 1.71. The number of rotatable bonds is 5. The average molecular weight is 385 g/mol. The summed E-state index contributed by atoms with van der Waals surface area (Å²) < 4.78 is 12.3. The van der Waals surface area contributed by atoms with E-state index in [2.05, 4.69) is 10.3 Å². The van der Waals surface area contributed by atoms with Crippen molar-refractivity contribution >= 4 is 49.1 Å². The number of aromatic nitrogens is 1. The third kappa shape index (κ3) is 2.93. The molecule has 0 unspecified atom stereocenters. The number of hydrogen-bond acceptors (Lipinski definition) is 5. The maximum Gasteiger partial charge on any atom is 0.184 e. The molecule has 0 aliphatic carbocycles. The number of thiazole rings is 1. The number of ether oxygens (including phenoxy) is 2. The zero-order chi connectivity index (χ0) is 18.1. The summed E-state index contributed by atoms with van der Waals surface area (Å²) in [5.41, 5.74) is 1.83. The Kier molecular flexibility index (Phi) is 4.57. The molecule has 0 amide bonds. The smallest absolute Gasteiger partial charge is 0.184 e. The molecule has 132 valence electrons. The van der Waals surface area contributed by atoms with Gasteiger partial charge in [0.15, 0.2) is 5.13 Å². The second-order valence-corrected chi connectivity index (χ2v) is 7.21. The minimum Gasteiger partial charge on any atom is -0.496 e. The molecule has 4 aromatic rings. The van der Waals surface area contributed by atoms with Crippen LogP contribution in [0.3, 0.4) is 0 Å². The minimum atomic E-state index is 0.571. The van der Waals surface area contributed by atoms with E-state index in [0.717, 1.165) is 43.2 Å². The topological polar surface area (TPSA) is 43.4 Å². The number of hydrogen-bond donors (Lipinski definition) is 1. The molecule has 26 heavy (non-hydrogen) atoms. The lowest BCUT2D eigenvalue weighted by Crippen LogP contribution is -2.03. The van der Waals surface area contributed by atoms with Crippen molar-refractivity contribution in [3.05, 3.63) is 59.1 Å². The fraction of sp³-hybridized carbons (Fsp3) is 0.150. The van der Waals surface area contributed by atoms with Gasteiger partial charge in [0.1, 0.15) is 17.0 Å². The van der Waals surface area contributed by atoms with Gasteiger partial charge in [0.25, 0.3) is 0 Å². The van der Waals surface area contributed by atoms with E-state index in [1.54, 1.807) is 25.6 Å². The largest absolute Gasteiger partial charge is 0.496 e. The van der Waals surface area contributed by atoms with Crippen molar-refractivity contribution in [2.24, 2.45) is 0 Å². The molecule has 0 aliphatic rings. The summed E-state index contributed by atoms with van der Waals surface area (Å²) >= 11 is 7.80. The molecule has 1 aromatic heterocycles. The first-order valence-corrected chi connectivity index (χ1v) is 9.32. The zero-order valence-electron chi connectivity index (χ0n) is 14.4. The van der Waals surface area contributed by atoms with Crippen LogP contribution < -0.4 is 14.8 Å². The van der Waals surface area contributed by atoms with Crippen LogP contribution in [0.5, 0.6) is 11.5 Å². The summed E-state index contributed by atoms with van der Waals surface area (Å²) in [7, 11) is 3.37. The average Bonchev–Trinajstić information content (AvgIpc) is 3.10. The van der Waals surface area contributed by atoms with Crippen LogP contribution in [-0.4, -0.2) is 19.2 Å². The summed E-state index contributed by atoms with van der Waals surface area (Å²) in [6.07, 6.45) is 0. The Morgan fingerprint density at radius 1 is 1.04 bits per heavy atom. The van der Waals surface area contributed by atoms with E-state index in [9.17, 15) is 0 Å². The first-order valence-electron chi connectivity index (χ1n) is 8.13. The van der Waals surface area contributed by atoms with Gasteiger partial charge in [-0.3, -0.25) is 0 Å². The van der Waals surface area contributed by atoms with Crippen molar-refractivity contribution in [3.8, 4) is 11.5 Å². The minimum absolute atomic E-state index is 0.571. The van der Waals surface area contributed by atoms with E-state index >= 15 is 0 Å². The van der Waals surface area contributed by atoms with Gasteiger partial charge in [-0.15, -0.1) is 0 Å². The first kappa shape index (κ1) is 16.9. The van der Waals surface area contributed by atoms with Crippen molar-refractivity contribution in [1.29, 1.82) is 0 Å². The summed E-state index contributed by atoms with van der Waals surface area (Å²) in [6.45, 7) is 0.571. The van der Waals surface area contributed by atoms with E-state index in [1.165, 1.54) is 0 Å². The number of benzene rings is 3. The third-order valence-electron chi connectivity index (χ3n) is 4.26. The summed E-state index contributed by atoms with van der Waals surface area (Å²) in [4.78, 5) is 4.59. The Labute approximate surface area is 160 Å². The van der Waals surface area contributed by atoms with Gasteiger partial charge < -0.3 is 14.8 Å². The SMILES string of the molecule is COc1cc(CNc2nc3c(Cl)cccc3s2)c(OC)c2ccccc12. The first-order chi connectivity index (χ1) is 12.7. The van der Waals surface area contributed by atoms with Crippen molar-refractivity contribution in [2.45, 2.75) is 6.54 Å². The van der Waals surface area contributed by atoms with Gasteiger partial charge in [0.2, 0.25) is 0 Å². The van der Waals surface area contributed by atoms with Gasteiger partial charge in [-0.2, -0.15) is 0 Å². The molecule has 0 fully saturated rings. The molecule has 0 bridgehead atoms. The normalized spacial score (nSPS) is 11.0. The predicted octanol–water partition coefficient (Wildman–Crippen LogP) is 5.73. The van der Waals surface area contributed by atoms with Crippen LogP contribution >= 0.6 is 22.9 Å². The summed E-state index contributed by atoms with van der Waals surface area (Å²) in [5, 5.41) is 6.92. The zero-order valence-corrected chi connectivity index (χ0v) is 15.9. The molecular weight excluding hydrogens is 368 g/mol. The Morgan fingerprint density at radius 3 is 2.58 bits per heavy atom. The fourth-order valence-electron chi connectivity index (χ4n) is 3.07. The predicted molar refractivity (Wildman–Crippen MR) is 109 cm³/mol. The Hall–Kier alpha value is -2.50. The quantitative estimate of drug-likeness (QED) is 0.477. The fourth-order valence-corrected chi connectivity index (χ4v) is 4.23. The van der Waals surface area contributed by atoms with Crippen LogP contribution in [0.1, 0.15) is 5.56 Å². The molecule has 1 heterocycles. The lowest BCUT2D eigenvalue weighted by atomic mass is 10.0. The number of para-hydroxylation sites is 1. The van der Waals surface area contributed by atoms with Gasteiger partial charge in [-0.05, 0) is 18.2 Å². The highest BCUT2D eigenvalue weighted by Crippen LogP contribution is 2.37. The number of nitrogens with zero attached hydrogens (tertiary/aromatic N) is 1. The molecular formula is C20H17ClN2O2S. The van der Waals surface area contributed by atoms with Crippen molar-refractivity contribution < 1.29 is 9.47 Å². The number of nitrogens with one attached hydrogen (secondary N) is 1. The third-order valence-corrected chi connectivity index (χ3v) is 5.54. The molecule has 0 atom stereocenters. The van der Waals surface area contributed by atoms with Crippen LogP contribution in [0, 0.1) is 0 Å². The molecule has 0 aliphatic heterocycles. The van der Waals surface area contributed by atoms with Crippen LogP contribution in [0.4, 0.5) is 5.13 Å². The molecule has 0 radical (unpaired) electrons. The number of fused-ring (bicyclic) bond motifs is 2. The van der Waals surface area contributed by atoms with Gasteiger partial charge >= 0.3 is 0 Å². The van der Waals surface area contributed by atoms with Crippen molar-refractivity contribution in [3.63, 3.8) is 0 Å². The number of halogens is 1. The van der Waals surface area contributed by atoms with Crippen molar-refractivity contribution in [1.82, 2.24) is 4.98 Å². The standard InChI is InChI=1S/C20H17ClN2O2S/c1-24-16-10-12(19(25-2)14-7-4-3-6-13(14)16)11-22-20-23-18-15(21)8-5-9-17(18)26-20/h3-10H,11H2,1-2H3,(H,22,23). The van der Waals surface area contributed by atoms with Crippen molar-refractivity contribution in [2.75, 3.05) is 19.5 Å².